The zero-order valence-electron chi connectivity index (χ0n) is 6.98. The zero-order chi connectivity index (χ0) is 9.68. The van der Waals surface area contributed by atoms with Crippen LogP contribution in [0.2, 0.25) is 0 Å². The zero-order valence-corrected chi connectivity index (χ0v) is 7.80. The normalized spacial score (nSPS) is 10.6. The summed E-state index contributed by atoms with van der Waals surface area (Å²) in [4.78, 5) is 11.0. The fourth-order valence-corrected chi connectivity index (χ4v) is 1.39. The molecule has 4 heteroatoms. The summed E-state index contributed by atoms with van der Waals surface area (Å²) in [5, 5.41) is 12.3. The Balaban J connectivity index is 2.91. The number of ether oxygens (including phenoxy) is 1. The Bertz CT molecular complexity index is 359. The van der Waals surface area contributed by atoms with Crippen LogP contribution in [0.15, 0.2) is 22.4 Å². The van der Waals surface area contributed by atoms with Crippen LogP contribution in [0.25, 0.3) is 6.08 Å². The first-order valence-corrected chi connectivity index (χ1v) is 4.44. The van der Waals surface area contributed by atoms with Crippen molar-refractivity contribution >= 4 is 23.4 Å². The summed E-state index contributed by atoms with van der Waals surface area (Å²) in [6.45, 7) is 0. The molecule has 0 aliphatic heterocycles. The van der Waals surface area contributed by atoms with Gasteiger partial charge in [-0.25, -0.2) is 4.79 Å². The van der Waals surface area contributed by atoms with Gasteiger partial charge < -0.3 is 4.74 Å². The molecule has 1 rings (SSSR count). The molecule has 0 saturated carbocycles. The summed E-state index contributed by atoms with van der Waals surface area (Å²) in [7, 11) is 1.25. The SMILES string of the molecule is COC(=O)/C(C#N)=C\c1ccsc1. The Morgan fingerprint density at radius 3 is 3.00 bits per heavy atom. The summed E-state index contributed by atoms with van der Waals surface area (Å²) in [6, 6.07) is 3.61. The molecular formula is C9H7NO2S. The molecule has 0 aliphatic carbocycles. The van der Waals surface area contributed by atoms with Crippen LogP contribution in [0.3, 0.4) is 0 Å². The molecule has 0 aromatic carbocycles. The quantitative estimate of drug-likeness (QED) is 0.409. The predicted molar refractivity (Wildman–Crippen MR) is 49.9 cm³/mol. The standard InChI is InChI=1S/C9H7NO2S/c1-12-9(11)8(5-10)4-7-2-3-13-6-7/h2-4,6H,1H3/b8-4-. The monoisotopic (exact) mass is 193 g/mol. The van der Waals surface area contributed by atoms with Crippen molar-refractivity contribution in [2.75, 3.05) is 7.11 Å². The molecule has 3 nitrogen and oxygen atoms in total. The topological polar surface area (TPSA) is 50.1 Å². The van der Waals surface area contributed by atoms with Crippen LogP contribution < -0.4 is 0 Å². The molecule has 0 spiro atoms. The summed E-state index contributed by atoms with van der Waals surface area (Å²) in [6.07, 6.45) is 1.50. The number of thiophene rings is 1. The van der Waals surface area contributed by atoms with Gasteiger partial charge in [-0.1, -0.05) is 0 Å². The summed E-state index contributed by atoms with van der Waals surface area (Å²) in [5.41, 5.74) is 0.854. The van der Waals surface area contributed by atoms with Gasteiger partial charge in [-0.2, -0.15) is 16.6 Å². The molecule has 0 saturated heterocycles. The Hall–Kier alpha value is -1.60. The highest BCUT2D eigenvalue weighted by atomic mass is 32.1. The van der Waals surface area contributed by atoms with Gasteiger partial charge in [-0.15, -0.1) is 0 Å². The van der Waals surface area contributed by atoms with Crippen LogP contribution in [-0.2, 0) is 9.53 Å². The molecule has 66 valence electrons. The number of methoxy groups -OCH3 is 1. The van der Waals surface area contributed by atoms with Crippen molar-refractivity contribution in [1.82, 2.24) is 0 Å². The van der Waals surface area contributed by atoms with Gasteiger partial charge in [0.05, 0.1) is 7.11 Å². The smallest absolute Gasteiger partial charge is 0.348 e. The highest BCUT2D eigenvalue weighted by Crippen LogP contribution is 2.11. The number of nitriles is 1. The fourth-order valence-electron chi connectivity index (χ4n) is 0.771. The lowest BCUT2D eigenvalue weighted by Crippen LogP contribution is -2.02. The largest absolute Gasteiger partial charge is 0.465 e. The average molecular weight is 193 g/mol. The first-order chi connectivity index (χ1) is 6.27. The molecule has 13 heavy (non-hydrogen) atoms. The predicted octanol–water partition coefficient (Wildman–Crippen LogP) is 1.83. The molecule has 1 aromatic heterocycles. The molecule has 0 atom stereocenters. The molecule has 0 aliphatic rings. The van der Waals surface area contributed by atoms with Crippen LogP contribution >= 0.6 is 11.3 Å². The van der Waals surface area contributed by atoms with Gasteiger partial charge in [0.25, 0.3) is 0 Å². The van der Waals surface area contributed by atoms with E-state index in [9.17, 15) is 4.79 Å². The van der Waals surface area contributed by atoms with E-state index in [0.717, 1.165) is 5.56 Å². The third kappa shape index (κ3) is 2.42. The highest BCUT2D eigenvalue weighted by Gasteiger charge is 2.07. The van der Waals surface area contributed by atoms with Crippen molar-refractivity contribution in [2.45, 2.75) is 0 Å². The first-order valence-electron chi connectivity index (χ1n) is 3.50. The van der Waals surface area contributed by atoms with E-state index in [2.05, 4.69) is 4.74 Å². The lowest BCUT2D eigenvalue weighted by atomic mass is 10.2. The number of esters is 1. The van der Waals surface area contributed by atoms with Crippen LogP contribution in [0.1, 0.15) is 5.56 Å². The van der Waals surface area contributed by atoms with Gasteiger partial charge >= 0.3 is 5.97 Å². The Morgan fingerprint density at radius 2 is 2.54 bits per heavy atom. The molecule has 0 N–H and O–H groups in total. The lowest BCUT2D eigenvalue weighted by Gasteiger charge is -1.93. The van der Waals surface area contributed by atoms with E-state index in [0.29, 0.717) is 0 Å². The second-order valence-corrected chi connectivity index (χ2v) is 3.00. The number of nitrogens with zero attached hydrogens (tertiary/aromatic N) is 1. The molecule has 1 aromatic rings. The maximum Gasteiger partial charge on any atom is 0.348 e. The van der Waals surface area contributed by atoms with Crippen molar-refractivity contribution < 1.29 is 9.53 Å². The maximum atomic E-state index is 11.0. The first kappa shape index (κ1) is 9.49. The van der Waals surface area contributed by atoms with Gasteiger partial charge in [0.2, 0.25) is 0 Å². The summed E-state index contributed by atoms with van der Waals surface area (Å²) in [5.74, 6) is -0.603. The van der Waals surface area contributed by atoms with E-state index in [-0.39, 0.29) is 5.57 Å². The van der Waals surface area contributed by atoms with E-state index in [1.54, 1.807) is 6.07 Å². The molecule has 0 radical (unpaired) electrons. The third-order valence-electron chi connectivity index (χ3n) is 1.38. The molecule has 0 unspecified atom stereocenters. The number of rotatable bonds is 2. The van der Waals surface area contributed by atoms with E-state index in [1.807, 2.05) is 16.8 Å². The summed E-state index contributed by atoms with van der Waals surface area (Å²) >= 11 is 1.51. The van der Waals surface area contributed by atoms with Gasteiger partial charge in [0.1, 0.15) is 11.6 Å². The second-order valence-electron chi connectivity index (χ2n) is 2.22. The minimum atomic E-state index is -0.603. The fraction of sp³-hybridized carbons (Fsp3) is 0.111. The van der Waals surface area contributed by atoms with Crippen LogP contribution in [0, 0.1) is 11.3 Å². The van der Waals surface area contributed by atoms with E-state index < -0.39 is 5.97 Å². The Morgan fingerprint density at radius 1 is 1.77 bits per heavy atom. The van der Waals surface area contributed by atoms with Crippen molar-refractivity contribution in [3.05, 3.63) is 28.0 Å². The molecule has 0 bridgehead atoms. The average Bonchev–Trinajstić information content (AvgIpc) is 2.65. The van der Waals surface area contributed by atoms with E-state index >= 15 is 0 Å². The molecule has 1 heterocycles. The van der Waals surface area contributed by atoms with Crippen molar-refractivity contribution in [3.8, 4) is 6.07 Å². The molecule has 0 fully saturated rings. The molecule has 0 amide bonds. The molecular weight excluding hydrogens is 186 g/mol. The minimum Gasteiger partial charge on any atom is -0.465 e. The van der Waals surface area contributed by atoms with E-state index in [1.165, 1.54) is 24.5 Å². The van der Waals surface area contributed by atoms with Gasteiger partial charge in [0.15, 0.2) is 0 Å². The maximum absolute atomic E-state index is 11.0. The lowest BCUT2D eigenvalue weighted by molar-refractivity contribution is -0.135. The Labute approximate surface area is 79.9 Å². The van der Waals surface area contributed by atoms with Crippen LogP contribution in [0.5, 0.6) is 0 Å². The summed E-state index contributed by atoms with van der Waals surface area (Å²) < 4.78 is 4.43. The van der Waals surface area contributed by atoms with Crippen LogP contribution in [0.4, 0.5) is 0 Å². The van der Waals surface area contributed by atoms with Crippen molar-refractivity contribution in [3.63, 3.8) is 0 Å². The van der Waals surface area contributed by atoms with Gasteiger partial charge in [-0.3, -0.25) is 0 Å². The number of carbonyl (C=O) groups is 1. The van der Waals surface area contributed by atoms with E-state index in [4.69, 9.17) is 5.26 Å². The third-order valence-corrected chi connectivity index (χ3v) is 2.08. The highest BCUT2D eigenvalue weighted by molar-refractivity contribution is 7.08. The number of hydrogen-bond acceptors (Lipinski definition) is 4. The van der Waals surface area contributed by atoms with Gasteiger partial charge in [-0.05, 0) is 28.5 Å². The Kier molecular flexibility index (Phi) is 3.23. The number of carbonyl (C=O) groups excluding carboxylic acids is 1. The van der Waals surface area contributed by atoms with Crippen LogP contribution in [-0.4, -0.2) is 13.1 Å². The minimum absolute atomic E-state index is 0.0147. The second kappa shape index (κ2) is 4.43. The van der Waals surface area contributed by atoms with Crippen molar-refractivity contribution in [1.29, 1.82) is 5.26 Å². The van der Waals surface area contributed by atoms with Gasteiger partial charge in [0, 0.05) is 0 Å². The van der Waals surface area contributed by atoms with Crippen molar-refractivity contribution in [2.24, 2.45) is 0 Å². The number of hydrogen-bond donors (Lipinski definition) is 0.